The highest BCUT2D eigenvalue weighted by molar-refractivity contribution is 5.85. The van der Waals surface area contributed by atoms with Gasteiger partial charge in [0.2, 0.25) is 0 Å². The molecular formula is C20H27N5. The average Bonchev–Trinajstić information content (AvgIpc) is 3.12. The molecule has 1 aliphatic rings. The number of para-hydroxylation sites is 1. The topological polar surface area (TPSA) is 52.6 Å². The lowest BCUT2D eigenvalue weighted by Gasteiger charge is -2.17. The van der Waals surface area contributed by atoms with Crippen LogP contribution in [0.3, 0.4) is 0 Å². The number of aromatic nitrogens is 1. The zero-order chi connectivity index (χ0) is 17.6. The van der Waals surface area contributed by atoms with E-state index in [1.807, 2.05) is 25.1 Å². The van der Waals surface area contributed by atoms with Gasteiger partial charge < -0.3 is 15.5 Å². The average molecular weight is 337 g/mol. The van der Waals surface area contributed by atoms with E-state index >= 15 is 0 Å². The maximum absolute atomic E-state index is 4.82. The van der Waals surface area contributed by atoms with Gasteiger partial charge in [-0.05, 0) is 37.5 Å². The lowest BCUT2D eigenvalue weighted by Crippen LogP contribution is -2.42. The van der Waals surface area contributed by atoms with Crippen LogP contribution in [0, 0.1) is 0 Å². The molecule has 132 valence electrons. The summed E-state index contributed by atoms with van der Waals surface area (Å²) in [5.74, 6) is 1.84. The highest BCUT2D eigenvalue weighted by Gasteiger charge is 2.12. The van der Waals surface area contributed by atoms with Gasteiger partial charge in [0.1, 0.15) is 5.82 Å². The van der Waals surface area contributed by atoms with Gasteiger partial charge in [0, 0.05) is 32.1 Å². The molecule has 0 fully saturated rings. The molecule has 0 saturated heterocycles. The Bertz CT molecular complexity index is 771. The van der Waals surface area contributed by atoms with Crippen molar-refractivity contribution >= 4 is 22.7 Å². The number of nitrogens with zero attached hydrogens (tertiary/aromatic N) is 3. The van der Waals surface area contributed by atoms with Crippen LogP contribution in [-0.4, -0.2) is 37.6 Å². The van der Waals surface area contributed by atoms with E-state index in [9.17, 15) is 0 Å². The summed E-state index contributed by atoms with van der Waals surface area (Å²) in [7, 11) is 4.03. The number of anilines is 1. The highest BCUT2D eigenvalue weighted by Crippen LogP contribution is 2.22. The van der Waals surface area contributed by atoms with E-state index in [0.717, 1.165) is 42.1 Å². The first-order valence-electron chi connectivity index (χ1n) is 8.93. The van der Waals surface area contributed by atoms with Crippen LogP contribution in [0.4, 0.5) is 5.82 Å². The van der Waals surface area contributed by atoms with Gasteiger partial charge in [0.15, 0.2) is 5.96 Å². The second-order valence-corrected chi connectivity index (χ2v) is 6.53. The van der Waals surface area contributed by atoms with Crippen molar-refractivity contribution in [2.75, 3.05) is 25.5 Å². The Labute approximate surface area is 149 Å². The van der Waals surface area contributed by atoms with Gasteiger partial charge in [0.05, 0.1) is 12.1 Å². The van der Waals surface area contributed by atoms with Crippen LogP contribution >= 0.6 is 0 Å². The largest absolute Gasteiger partial charge is 0.363 e. The van der Waals surface area contributed by atoms with E-state index < -0.39 is 0 Å². The highest BCUT2D eigenvalue weighted by atomic mass is 15.2. The van der Waals surface area contributed by atoms with Gasteiger partial charge in [-0.1, -0.05) is 30.4 Å². The molecule has 2 N–H and O–H groups in total. The Kier molecular flexibility index (Phi) is 5.53. The third-order valence-corrected chi connectivity index (χ3v) is 4.35. The van der Waals surface area contributed by atoms with Crippen LogP contribution in [0.15, 0.2) is 47.5 Å². The van der Waals surface area contributed by atoms with Crippen molar-refractivity contribution in [3.05, 3.63) is 48.0 Å². The Hall–Kier alpha value is -2.56. The predicted octanol–water partition coefficient (Wildman–Crippen LogP) is 3.07. The summed E-state index contributed by atoms with van der Waals surface area (Å²) < 4.78 is 0. The van der Waals surface area contributed by atoms with Crippen LogP contribution in [-0.2, 0) is 6.54 Å². The van der Waals surface area contributed by atoms with E-state index in [1.54, 1.807) is 0 Å². The molecule has 0 unspecified atom stereocenters. The fraction of sp³-hybridized carbons (Fsp3) is 0.400. The number of hydrogen-bond donors (Lipinski definition) is 2. The van der Waals surface area contributed by atoms with Crippen molar-refractivity contribution in [2.24, 2.45) is 4.99 Å². The fourth-order valence-corrected chi connectivity index (χ4v) is 3.00. The van der Waals surface area contributed by atoms with Crippen molar-refractivity contribution in [3.63, 3.8) is 0 Å². The number of guanidine groups is 1. The Morgan fingerprint density at radius 3 is 2.72 bits per heavy atom. The second-order valence-electron chi connectivity index (χ2n) is 6.53. The minimum absolute atomic E-state index is 0.448. The molecule has 0 amide bonds. The lowest BCUT2D eigenvalue weighted by molar-refractivity contribution is 0.633. The molecular weight excluding hydrogens is 310 g/mol. The number of fused-ring (bicyclic) bond motifs is 1. The third kappa shape index (κ3) is 4.29. The predicted molar refractivity (Wildman–Crippen MR) is 106 cm³/mol. The molecule has 0 spiro atoms. The minimum atomic E-state index is 0.448. The zero-order valence-corrected chi connectivity index (χ0v) is 15.3. The maximum Gasteiger partial charge on any atom is 0.191 e. The standard InChI is InChI=1S/C20H27N5/c1-4-21-20(23-16-9-5-6-10-16)22-14-15-13-19(25(2)3)24-18-12-8-7-11-17(15)18/h5-8,11-13,16H,4,9-10,14H2,1-3H3,(H2,21,22,23). The summed E-state index contributed by atoms with van der Waals surface area (Å²) in [6.45, 7) is 3.57. The summed E-state index contributed by atoms with van der Waals surface area (Å²) in [4.78, 5) is 11.6. The third-order valence-electron chi connectivity index (χ3n) is 4.35. The first-order chi connectivity index (χ1) is 12.2. The second kappa shape index (κ2) is 8.01. The number of hydrogen-bond acceptors (Lipinski definition) is 3. The van der Waals surface area contributed by atoms with Gasteiger partial charge in [0.25, 0.3) is 0 Å². The molecule has 0 aliphatic heterocycles. The van der Waals surface area contributed by atoms with E-state index in [-0.39, 0.29) is 0 Å². The van der Waals surface area contributed by atoms with E-state index in [4.69, 9.17) is 9.98 Å². The van der Waals surface area contributed by atoms with Crippen LogP contribution < -0.4 is 15.5 Å². The Balaban J connectivity index is 1.86. The number of benzene rings is 1. The lowest BCUT2D eigenvalue weighted by atomic mass is 10.1. The monoisotopic (exact) mass is 337 g/mol. The van der Waals surface area contributed by atoms with Gasteiger partial charge >= 0.3 is 0 Å². The van der Waals surface area contributed by atoms with Gasteiger partial charge in [-0.3, -0.25) is 0 Å². The number of nitrogens with one attached hydrogen (secondary N) is 2. The molecule has 0 saturated carbocycles. The first kappa shape index (κ1) is 17.3. The number of pyridine rings is 1. The maximum atomic E-state index is 4.82. The molecule has 25 heavy (non-hydrogen) atoms. The molecule has 1 aromatic heterocycles. The Morgan fingerprint density at radius 2 is 2.00 bits per heavy atom. The van der Waals surface area contributed by atoms with Crippen molar-refractivity contribution in [1.82, 2.24) is 15.6 Å². The minimum Gasteiger partial charge on any atom is -0.363 e. The number of rotatable bonds is 5. The molecule has 0 atom stereocenters. The molecule has 1 aromatic carbocycles. The summed E-state index contributed by atoms with van der Waals surface area (Å²) >= 11 is 0. The van der Waals surface area contributed by atoms with Gasteiger partial charge in [-0.2, -0.15) is 0 Å². The van der Waals surface area contributed by atoms with Crippen molar-refractivity contribution in [1.29, 1.82) is 0 Å². The normalized spacial score (nSPS) is 14.9. The van der Waals surface area contributed by atoms with Crippen LogP contribution in [0.5, 0.6) is 0 Å². The Morgan fingerprint density at radius 1 is 1.24 bits per heavy atom. The van der Waals surface area contributed by atoms with Crippen molar-refractivity contribution < 1.29 is 0 Å². The molecule has 5 heteroatoms. The molecule has 5 nitrogen and oxygen atoms in total. The van der Waals surface area contributed by atoms with Crippen molar-refractivity contribution in [3.8, 4) is 0 Å². The summed E-state index contributed by atoms with van der Waals surface area (Å²) in [6.07, 6.45) is 6.57. The SMILES string of the molecule is CCNC(=NCc1cc(N(C)C)nc2ccccc12)NC1CC=CC1. The van der Waals surface area contributed by atoms with Crippen LogP contribution in [0.1, 0.15) is 25.3 Å². The van der Waals surface area contributed by atoms with Gasteiger partial charge in [-0.15, -0.1) is 0 Å². The molecule has 0 radical (unpaired) electrons. The molecule has 0 bridgehead atoms. The van der Waals surface area contributed by atoms with Gasteiger partial charge in [-0.25, -0.2) is 9.98 Å². The van der Waals surface area contributed by atoms with Crippen molar-refractivity contribution in [2.45, 2.75) is 32.4 Å². The summed E-state index contributed by atoms with van der Waals surface area (Å²) in [5, 5.41) is 8.04. The number of aliphatic imine (C=N–C) groups is 1. The van der Waals surface area contributed by atoms with E-state index in [1.165, 1.54) is 5.56 Å². The first-order valence-corrected chi connectivity index (χ1v) is 8.93. The molecule has 2 aromatic rings. The smallest absolute Gasteiger partial charge is 0.191 e. The van der Waals surface area contributed by atoms with E-state index in [0.29, 0.717) is 12.6 Å². The molecule has 1 heterocycles. The quantitative estimate of drug-likeness (QED) is 0.500. The van der Waals surface area contributed by atoms with Crippen LogP contribution in [0.2, 0.25) is 0 Å². The molecule has 1 aliphatic carbocycles. The fourth-order valence-electron chi connectivity index (χ4n) is 3.00. The van der Waals surface area contributed by atoms with E-state index in [2.05, 4.69) is 54.0 Å². The summed E-state index contributed by atoms with van der Waals surface area (Å²) in [5.41, 5.74) is 2.20. The van der Waals surface area contributed by atoms with Crippen LogP contribution in [0.25, 0.3) is 10.9 Å². The molecule has 3 rings (SSSR count). The zero-order valence-electron chi connectivity index (χ0n) is 15.3. The summed E-state index contributed by atoms with van der Waals surface area (Å²) in [6, 6.07) is 10.8.